The molecule has 0 spiro atoms. The number of thiazole rings is 1. The van der Waals surface area contributed by atoms with Gasteiger partial charge in [-0.1, -0.05) is 18.2 Å². The summed E-state index contributed by atoms with van der Waals surface area (Å²) in [6.07, 6.45) is 4.75. The van der Waals surface area contributed by atoms with Crippen molar-refractivity contribution in [2.24, 2.45) is 10.2 Å². The van der Waals surface area contributed by atoms with Gasteiger partial charge in [0.15, 0.2) is 0 Å². The van der Waals surface area contributed by atoms with E-state index in [2.05, 4.69) is 20.3 Å². The van der Waals surface area contributed by atoms with Gasteiger partial charge in [-0.25, -0.2) is 22.9 Å². The van der Waals surface area contributed by atoms with Crippen molar-refractivity contribution in [3.8, 4) is 21.6 Å². The summed E-state index contributed by atoms with van der Waals surface area (Å²) in [6.45, 7) is 9.70. The van der Waals surface area contributed by atoms with Crippen LogP contribution in [0.4, 0.5) is 10.5 Å². The number of nitrogens with one attached hydrogen (secondary N) is 2. The van der Waals surface area contributed by atoms with E-state index in [1.54, 1.807) is 23.6 Å². The highest BCUT2D eigenvalue weighted by atomic mass is 32.2. The van der Waals surface area contributed by atoms with Crippen LogP contribution in [0.25, 0.3) is 21.6 Å². The Morgan fingerprint density at radius 1 is 1.05 bits per heavy atom. The fourth-order valence-electron chi connectivity index (χ4n) is 5.26. The van der Waals surface area contributed by atoms with E-state index in [0.717, 1.165) is 57.9 Å². The summed E-state index contributed by atoms with van der Waals surface area (Å²) >= 11 is 1.54. The minimum Gasteiger partial charge on any atom is -0.447 e. The van der Waals surface area contributed by atoms with E-state index in [-0.39, 0.29) is 29.1 Å². The van der Waals surface area contributed by atoms with Crippen LogP contribution in [0.5, 0.6) is 0 Å². The lowest BCUT2D eigenvalue weighted by Crippen LogP contribution is -2.40. The Kier molecular flexibility index (Phi) is 8.31. The van der Waals surface area contributed by atoms with Gasteiger partial charge in [0.2, 0.25) is 10.0 Å². The number of alkyl carbamates (subject to hydrolysis) is 1. The summed E-state index contributed by atoms with van der Waals surface area (Å²) in [6, 6.07) is 11.6. The molecular formula is C30H37N5O4S2. The molecule has 1 aliphatic heterocycles. The third-order valence-electron chi connectivity index (χ3n) is 7.07. The first-order valence-electron chi connectivity index (χ1n) is 14.0. The van der Waals surface area contributed by atoms with Crippen molar-refractivity contribution < 1.29 is 17.9 Å². The summed E-state index contributed by atoms with van der Waals surface area (Å²) < 4.78 is 35.5. The smallest absolute Gasteiger partial charge is 0.407 e. The molecule has 1 amide bonds. The van der Waals surface area contributed by atoms with Crippen LogP contribution in [0, 0.1) is 0 Å². The van der Waals surface area contributed by atoms with E-state index < -0.39 is 15.6 Å². The van der Waals surface area contributed by atoms with E-state index in [9.17, 15) is 13.2 Å². The molecule has 218 valence electrons. The predicted molar refractivity (Wildman–Crippen MR) is 161 cm³/mol. The van der Waals surface area contributed by atoms with Gasteiger partial charge in [-0.05, 0) is 89.6 Å². The maximum Gasteiger partial charge on any atom is 0.407 e. The van der Waals surface area contributed by atoms with Crippen LogP contribution in [0.15, 0.2) is 57.7 Å². The number of carbonyl (C=O) groups excluding carboxylic acids is 1. The minimum absolute atomic E-state index is 0.0891. The van der Waals surface area contributed by atoms with E-state index >= 15 is 0 Å². The topological polar surface area (TPSA) is 122 Å². The molecule has 5 rings (SSSR count). The number of hydrogen-bond donors (Lipinski definition) is 2. The quantitative estimate of drug-likeness (QED) is 0.296. The zero-order valence-corrected chi connectivity index (χ0v) is 25.7. The number of rotatable bonds is 7. The molecule has 9 nitrogen and oxygen atoms in total. The minimum atomic E-state index is -3.84. The Labute approximate surface area is 245 Å². The lowest BCUT2D eigenvalue weighted by molar-refractivity contribution is 0.109. The number of fused-ring (bicyclic) bond motifs is 1. The lowest BCUT2D eigenvalue weighted by atomic mass is 9.86. The summed E-state index contributed by atoms with van der Waals surface area (Å²) in [7, 11) is -3.84. The third kappa shape index (κ3) is 7.02. The predicted octanol–water partition coefficient (Wildman–Crippen LogP) is 7.31. The Morgan fingerprint density at radius 3 is 2.46 bits per heavy atom. The van der Waals surface area contributed by atoms with E-state index in [0.29, 0.717) is 12.1 Å². The highest BCUT2D eigenvalue weighted by molar-refractivity contribution is 7.89. The van der Waals surface area contributed by atoms with Crippen LogP contribution in [-0.2, 0) is 21.3 Å². The van der Waals surface area contributed by atoms with Gasteiger partial charge in [0.25, 0.3) is 0 Å². The van der Waals surface area contributed by atoms with Crippen molar-refractivity contribution >= 4 is 33.1 Å². The molecule has 1 aliphatic carbocycles. The van der Waals surface area contributed by atoms with Crippen molar-refractivity contribution in [3.63, 3.8) is 0 Å². The first-order chi connectivity index (χ1) is 19.4. The van der Waals surface area contributed by atoms with Gasteiger partial charge in [-0.3, -0.25) is 0 Å². The maximum atomic E-state index is 13.7. The molecule has 11 heteroatoms. The molecular weight excluding hydrogens is 558 g/mol. The number of azo groups is 1. The first-order valence-corrected chi connectivity index (χ1v) is 16.3. The maximum absolute atomic E-state index is 13.7. The van der Waals surface area contributed by atoms with Crippen LogP contribution in [-0.4, -0.2) is 37.2 Å². The van der Waals surface area contributed by atoms with Gasteiger partial charge in [0, 0.05) is 34.8 Å². The van der Waals surface area contributed by atoms with Crippen molar-refractivity contribution in [1.29, 1.82) is 0 Å². The molecule has 3 aromatic rings. The Morgan fingerprint density at radius 2 is 1.76 bits per heavy atom. The number of benzene rings is 2. The highest BCUT2D eigenvalue weighted by Gasteiger charge is 2.29. The van der Waals surface area contributed by atoms with Crippen LogP contribution in [0.2, 0.25) is 0 Å². The summed E-state index contributed by atoms with van der Waals surface area (Å²) in [4.78, 5) is 17.8. The molecule has 2 aromatic carbocycles. The van der Waals surface area contributed by atoms with Gasteiger partial charge in [0.1, 0.15) is 0 Å². The zero-order chi connectivity index (χ0) is 29.4. The molecule has 2 aliphatic rings. The first kappa shape index (κ1) is 29.3. The molecule has 1 aromatic heterocycles. The SMILES string of the molecule is CC(C)OC(=O)NC1CCC(c2ncc(-c3ccc(-c4ccc5c(c4)CN=N5)cc3S(=O)(=O)NC(C)(C)C)s2)CC1. The second kappa shape index (κ2) is 11.6. The molecule has 0 bridgehead atoms. The second-order valence-corrected chi connectivity index (χ2v) is 14.7. The largest absolute Gasteiger partial charge is 0.447 e. The number of sulfonamides is 1. The van der Waals surface area contributed by atoms with E-state index in [4.69, 9.17) is 9.72 Å². The summed E-state index contributed by atoms with van der Waals surface area (Å²) in [5, 5.41) is 12.2. The van der Waals surface area contributed by atoms with Gasteiger partial charge < -0.3 is 10.1 Å². The lowest BCUT2D eigenvalue weighted by Gasteiger charge is -2.28. The normalized spacial score (nSPS) is 18.9. The Balaban J connectivity index is 1.40. The number of hydrogen-bond acceptors (Lipinski definition) is 8. The monoisotopic (exact) mass is 595 g/mol. The van der Waals surface area contributed by atoms with E-state index in [1.807, 2.05) is 65.0 Å². The van der Waals surface area contributed by atoms with Gasteiger partial charge in [-0.15, -0.1) is 11.3 Å². The zero-order valence-electron chi connectivity index (χ0n) is 24.1. The molecule has 2 heterocycles. The van der Waals surface area contributed by atoms with Crippen LogP contribution < -0.4 is 10.0 Å². The van der Waals surface area contributed by atoms with Crippen molar-refractivity contribution in [2.45, 2.75) is 95.3 Å². The number of nitrogens with zero attached hydrogens (tertiary/aromatic N) is 3. The summed E-state index contributed by atoms with van der Waals surface area (Å²) in [5.41, 5.74) is 3.59. The molecule has 1 fully saturated rings. The van der Waals surface area contributed by atoms with Crippen LogP contribution >= 0.6 is 11.3 Å². The average molecular weight is 596 g/mol. The number of ether oxygens (including phenoxy) is 1. The molecule has 0 unspecified atom stereocenters. The average Bonchev–Trinajstić information content (AvgIpc) is 3.56. The number of carbonyl (C=O) groups is 1. The third-order valence-corrected chi connectivity index (χ3v) is 10.1. The Bertz CT molecular complexity index is 1570. The highest BCUT2D eigenvalue weighted by Crippen LogP contribution is 2.41. The van der Waals surface area contributed by atoms with Crippen LogP contribution in [0.1, 0.15) is 76.8 Å². The van der Waals surface area contributed by atoms with Gasteiger partial charge in [0.05, 0.1) is 33.1 Å². The van der Waals surface area contributed by atoms with Crippen LogP contribution in [0.3, 0.4) is 0 Å². The van der Waals surface area contributed by atoms with Crippen molar-refractivity contribution in [1.82, 2.24) is 15.0 Å². The van der Waals surface area contributed by atoms with E-state index in [1.165, 1.54) is 0 Å². The number of aromatic nitrogens is 1. The number of amides is 1. The molecule has 0 saturated heterocycles. The Hall–Kier alpha value is -3.15. The molecule has 2 N–H and O–H groups in total. The van der Waals surface area contributed by atoms with Gasteiger partial charge >= 0.3 is 6.09 Å². The standard InChI is InChI=1S/C30H37N5O4S2/c1-18(2)39-29(36)33-23-10-6-19(7-11-23)28-31-17-26(40-28)24-12-8-21(15-27(24)41(37,38)35-30(3,4)5)20-9-13-25-22(14-20)16-32-34-25/h8-9,12-15,17-19,23,35H,6-7,10-11,16H2,1-5H3,(H,33,36). The second-order valence-electron chi connectivity index (χ2n) is 12.0. The van der Waals surface area contributed by atoms with Crippen molar-refractivity contribution in [2.75, 3.05) is 0 Å². The van der Waals surface area contributed by atoms with Crippen molar-refractivity contribution in [3.05, 3.63) is 53.2 Å². The summed E-state index contributed by atoms with van der Waals surface area (Å²) in [5.74, 6) is 0.266. The van der Waals surface area contributed by atoms with Gasteiger partial charge in [-0.2, -0.15) is 10.2 Å². The molecule has 41 heavy (non-hydrogen) atoms. The molecule has 1 saturated carbocycles. The fourth-order valence-corrected chi connectivity index (χ4v) is 8.12. The molecule has 0 radical (unpaired) electrons. The fraction of sp³-hybridized carbons (Fsp3) is 0.467. The molecule has 0 atom stereocenters.